The number of hydrogen-bond donors (Lipinski definition) is 2. The number of nitrogens with one attached hydrogen (secondary N) is 2. The van der Waals surface area contributed by atoms with Gasteiger partial charge in [-0.05, 0) is 61.0 Å². The number of halogens is 1. The lowest BCUT2D eigenvalue weighted by Gasteiger charge is -2.03. The van der Waals surface area contributed by atoms with E-state index in [2.05, 4.69) is 54.4 Å². The summed E-state index contributed by atoms with van der Waals surface area (Å²) in [6.07, 6.45) is 0. The van der Waals surface area contributed by atoms with Crippen LogP contribution in [0.25, 0.3) is 33.9 Å². The predicted molar refractivity (Wildman–Crippen MR) is 133 cm³/mol. The van der Waals surface area contributed by atoms with Crippen LogP contribution in [-0.4, -0.2) is 31.8 Å². The van der Waals surface area contributed by atoms with Crippen molar-refractivity contribution < 1.29 is 9.21 Å². The van der Waals surface area contributed by atoms with Crippen LogP contribution in [0.4, 0.5) is 5.69 Å². The Labute approximate surface area is 202 Å². The van der Waals surface area contributed by atoms with Crippen molar-refractivity contribution in [3.05, 3.63) is 76.8 Å². The Morgan fingerprint density at radius 1 is 1.03 bits per heavy atom. The second-order valence-electron chi connectivity index (χ2n) is 7.40. The first-order valence-electron chi connectivity index (χ1n) is 10.1. The van der Waals surface area contributed by atoms with Crippen LogP contribution in [-0.2, 0) is 4.79 Å². The lowest BCUT2D eigenvalue weighted by molar-refractivity contribution is -0.113. The third-order valence-corrected chi connectivity index (χ3v) is 6.25. The number of H-pyrrole nitrogens is 1. The van der Waals surface area contributed by atoms with Gasteiger partial charge in [0.15, 0.2) is 0 Å². The minimum Gasteiger partial charge on any atom is -0.411 e. The van der Waals surface area contributed by atoms with Gasteiger partial charge in [-0.1, -0.05) is 45.9 Å². The van der Waals surface area contributed by atoms with Gasteiger partial charge in [-0.2, -0.15) is 0 Å². The van der Waals surface area contributed by atoms with Crippen molar-refractivity contribution in [1.29, 1.82) is 0 Å². The highest BCUT2D eigenvalue weighted by Gasteiger charge is 2.12. The number of aryl methyl sites for hydroxylation is 1. The first kappa shape index (κ1) is 21.4. The molecule has 1 amide bonds. The zero-order valence-electron chi connectivity index (χ0n) is 17.5. The van der Waals surface area contributed by atoms with Crippen molar-refractivity contribution in [2.75, 3.05) is 11.1 Å². The van der Waals surface area contributed by atoms with E-state index >= 15 is 0 Å². The summed E-state index contributed by atoms with van der Waals surface area (Å²) in [5.41, 5.74) is 5.62. The van der Waals surface area contributed by atoms with E-state index < -0.39 is 0 Å². The summed E-state index contributed by atoms with van der Waals surface area (Å²) in [5, 5.41) is 11.3. The number of thioether (sulfide) groups is 1. The van der Waals surface area contributed by atoms with Crippen LogP contribution in [0, 0.1) is 6.92 Å². The van der Waals surface area contributed by atoms with Crippen LogP contribution in [0.3, 0.4) is 0 Å². The molecule has 0 atom stereocenters. The molecule has 0 aliphatic rings. The summed E-state index contributed by atoms with van der Waals surface area (Å²) in [7, 11) is 0. The van der Waals surface area contributed by atoms with Gasteiger partial charge in [0, 0.05) is 21.3 Å². The first-order valence-corrected chi connectivity index (χ1v) is 11.9. The maximum absolute atomic E-state index is 12.2. The molecule has 9 heteroatoms. The van der Waals surface area contributed by atoms with Crippen LogP contribution in [0.15, 0.2) is 80.8 Å². The SMILES string of the molecule is Cc1ccc2nc(-c3ccc(-c4nnc(SCC(=O)Nc5ccc(Br)cc5)o4)cc3)[nH]c2c1. The van der Waals surface area contributed by atoms with Gasteiger partial charge in [-0.15, -0.1) is 10.2 Å². The van der Waals surface area contributed by atoms with Gasteiger partial charge in [0.25, 0.3) is 5.22 Å². The topological polar surface area (TPSA) is 96.7 Å². The second kappa shape index (κ2) is 9.21. The number of hydrogen-bond acceptors (Lipinski definition) is 6. The summed E-state index contributed by atoms with van der Waals surface area (Å²) >= 11 is 4.56. The average Bonchev–Trinajstić information content (AvgIpc) is 3.46. The van der Waals surface area contributed by atoms with Gasteiger partial charge in [-0.25, -0.2) is 4.98 Å². The minimum atomic E-state index is -0.146. The predicted octanol–water partition coefficient (Wildman–Crippen LogP) is 6.08. The molecule has 0 aliphatic heterocycles. The fraction of sp³-hybridized carbons (Fsp3) is 0.0833. The third kappa shape index (κ3) is 4.99. The fourth-order valence-corrected chi connectivity index (χ4v) is 4.10. The van der Waals surface area contributed by atoms with Gasteiger partial charge in [0.05, 0.1) is 16.8 Å². The molecule has 0 unspecified atom stereocenters. The maximum Gasteiger partial charge on any atom is 0.277 e. The number of carbonyl (C=O) groups is 1. The smallest absolute Gasteiger partial charge is 0.277 e. The van der Waals surface area contributed by atoms with Crippen LogP contribution in [0.5, 0.6) is 0 Å². The molecule has 5 aromatic rings. The number of nitrogens with zero attached hydrogens (tertiary/aromatic N) is 3. The normalized spacial score (nSPS) is 11.1. The van der Waals surface area contributed by atoms with E-state index in [1.54, 1.807) is 0 Å². The van der Waals surface area contributed by atoms with E-state index in [1.807, 2.05) is 60.7 Å². The Kier molecular flexibility index (Phi) is 5.97. The number of fused-ring (bicyclic) bond motifs is 1. The highest BCUT2D eigenvalue weighted by molar-refractivity contribution is 9.10. The lowest BCUT2D eigenvalue weighted by Crippen LogP contribution is -2.13. The van der Waals surface area contributed by atoms with Crippen molar-refractivity contribution in [2.24, 2.45) is 0 Å². The number of aromatic nitrogens is 4. The summed E-state index contributed by atoms with van der Waals surface area (Å²) in [4.78, 5) is 20.2. The standard InChI is InChI=1S/C24H18BrN5O2S/c1-14-2-11-19-20(12-14)28-22(27-19)15-3-5-16(6-4-15)23-29-30-24(32-23)33-13-21(31)26-18-9-7-17(25)8-10-18/h2-12H,13H2,1H3,(H,26,31)(H,27,28). The van der Waals surface area contributed by atoms with E-state index in [1.165, 1.54) is 17.3 Å². The van der Waals surface area contributed by atoms with Gasteiger partial charge in [0.2, 0.25) is 11.8 Å². The molecule has 0 aliphatic carbocycles. The number of carbonyl (C=O) groups excluding carboxylic acids is 1. The number of imidazole rings is 1. The Hall–Kier alpha value is -3.43. The first-order chi connectivity index (χ1) is 16.0. The largest absolute Gasteiger partial charge is 0.411 e. The summed E-state index contributed by atoms with van der Waals surface area (Å²) in [6.45, 7) is 2.06. The Bertz CT molecular complexity index is 1430. The van der Waals surface area contributed by atoms with E-state index in [9.17, 15) is 4.79 Å². The summed E-state index contributed by atoms with van der Waals surface area (Å²) < 4.78 is 6.68. The average molecular weight is 520 g/mol. The summed E-state index contributed by atoms with van der Waals surface area (Å²) in [6, 6.07) is 21.3. The number of anilines is 1. The molecule has 5 rings (SSSR count). The van der Waals surface area contributed by atoms with Crippen molar-refractivity contribution in [3.8, 4) is 22.8 Å². The molecule has 33 heavy (non-hydrogen) atoms. The zero-order valence-corrected chi connectivity index (χ0v) is 19.9. The van der Waals surface area contributed by atoms with Crippen LogP contribution in [0.1, 0.15) is 5.56 Å². The van der Waals surface area contributed by atoms with E-state index in [4.69, 9.17) is 4.42 Å². The molecule has 0 spiro atoms. The van der Waals surface area contributed by atoms with E-state index in [0.29, 0.717) is 11.1 Å². The van der Waals surface area contributed by atoms with Crippen molar-refractivity contribution in [2.45, 2.75) is 12.1 Å². The molecular weight excluding hydrogens is 502 g/mol. The number of aromatic amines is 1. The Morgan fingerprint density at radius 2 is 1.79 bits per heavy atom. The number of amides is 1. The van der Waals surface area contributed by atoms with E-state index in [-0.39, 0.29) is 11.7 Å². The van der Waals surface area contributed by atoms with E-state index in [0.717, 1.165) is 38.1 Å². The molecule has 2 N–H and O–H groups in total. The maximum atomic E-state index is 12.2. The molecule has 2 aromatic heterocycles. The lowest BCUT2D eigenvalue weighted by atomic mass is 10.1. The highest BCUT2D eigenvalue weighted by atomic mass is 79.9. The Morgan fingerprint density at radius 3 is 2.58 bits per heavy atom. The monoisotopic (exact) mass is 519 g/mol. The van der Waals surface area contributed by atoms with Gasteiger partial charge < -0.3 is 14.7 Å². The quantitative estimate of drug-likeness (QED) is 0.264. The van der Waals surface area contributed by atoms with Crippen LogP contribution >= 0.6 is 27.7 Å². The van der Waals surface area contributed by atoms with Gasteiger partial charge in [0.1, 0.15) is 5.82 Å². The highest BCUT2D eigenvalue weighted by Crippen LogP contribution is 2.27. The van der Waals surface area contributed by atoms with Gasteiger partial charge >= 0.3 is 0 Å². The van der Waals surface area contributed by atoms with Crippen molar-refractivity contribution in [3.63, 3.8) is 0 Å². The molecular formula is C24H18BrN5O2S. The molecule has 3 aromatic carbocycles. The third-order valence-electron chi connectivity index (χ3n) is 4.90. The Balaban J connectivity index is 1.22. The molecule has 7 nitrogen and oxygen atoms in total. The molecule has 0 bridgehead atoms. The van der Waals surface area contributed by atoms with Crippen LogP contribution in [0.2, 0.25) is 0 Å². The van der Waals surface area contributed by atoms with Crippen molar-refractivity contribution in [1.82, 2.24) is 20.2 Å². The van der Waals surface area contributed by atoms with Crippen LogP contribution < -0.4 is 5.32 Å². The van der Waals surface area contributed by atoms with Crippen molar-refractivity contribution >= 4 is 50.3 Å². The zero-order chi connectivity index (χ0) is 22.8. The molecule has 164 valence electrons. The minimum absolute atomic E-state index is 0.146. The molecule has 0 radical (unpaired) electrons. The molecule has 0 fully saturated rings. The number of benzene rings is 3. The number of rotatable bonds is 6. The fourth-order valence-electron chi connectivity index (χ4n) is 3.27. The molecule has 0 saturated heterocycles. The second-order valence-corrected chi connectivity index (χ2v) is 9.24. The van der Waals surface area contributed by atoms with Gasteiger partial charge in [-0.3, -0.25) is 4.79 Å². The molecule has 2 heterocycles. The summed E-state index contributed by atoms with van der Waals surface area (Å²) in [5.74, 6) is 1.23. The molecule has 0 saturated carbocycles.